The second kappa shape index (κ2) is 14.7. The minimum absolute atomic E-state index is 0. The van der Waals surface area contributed by atoms with Crippen LogP contribution in [0.1, 0.15) is 21.5 Å². The number of non-ortho nitro benzene ring substituents is 2. The van der Waals surface area contributed by atoms with Crippen LogP contribution < -0.4 is 0 Å². The van der Waals surface area contributed by atoms with Crippen molar-refractivity contribution in [3.8, 4) is 11.1 Å². The molecule has 0 unspecified atom stereocenters. The van der Waals surface area contributed by atoms with Gasteiger partial charge in [0.1, 0.15) is 0 Å². The third-order valence-corrected chi connectivity index (χ3v) is 6.10. The van der Waals surface area contributed by atoms with Gasteiger partial charge in [-0.3, -0.25) is 30.3 Å². The molecule has 210 valence electrons. The van der Waals surface area contributed by atoms with E-state index >= 15 is 0 Å². The maximum Gasteiger partial charge on any atom is 2.00 e. The van der Waals surface area contributed by atoms with E-state index in [0.29, 0.717) is 0 Å². The molecule has 11 nitrogen and oxygen atoms in total. The number of allylic oxidation sites excluding steroid dienone is 5. The van der Waals surface area contributed by atoms with Crippen molar-refractivity contribution in [3.63, 3.8) is 0 Å². The molecule has 0 amide bonds. The van der Waals surface area contributed by atoms with Gasteiger partial charge in [0.2, 0.25) is 0 Å². The van der Waals surface area contributed by atoms with Crippen LogP contribution in [0.15, 0.2) is 54.6 Å². The first-order valence-corrected chi connectivity index (χ1v) is 12.0. The van der Waals surface area contributed by atoms with E-state index in [1.165, 1.54) is 12.1 Å². The van der Waals surface area contributed by atoms with Gasteiger partial charge in [0, 0.05) is 35.2 Å². The van der Waals surface area contributed by atoms with E-state index in [1.54, 1.807) is 18.2 Å². The van der Waals surface area contributed by atoms with E-state index in [0.717, 1.165) is 31.2 Å². The molecule has 2 saturated carbocycles. The van der Waals surface area contributed by atoms with Gasteiger partial charge >= 0.3 is 23.0 Å². The van der Waals surface area contributed by atoms with Crippen LogP contribution in [0.25, 0.3) is 16.7 Å². The van der Waals surface area contributed by atoms with Gasteiger partial charge in [-0.1, -0.05) is 30.4 Å². The number of nitrogens with zero attached hydrogens (tertiary/aromatic N) is 3. The SMILES string of the molecule is COC(=O)c1cc([N+](=O)[O-])cc2c1-c1c(cc([N+](=O)[O-])cc1[N+](=O)[O-])\C2=C/C=C/C=C/[C]1[CH][CH][CH][CH]1.[CH]1[CH][CH][CH][CH]1.[Fe+2]. The molecule has 3 aliphatic carbocycles. The maximum absolute atomic E-state index is 12.6. The minimum atomic E-state index is -0.942. The molecule has 3 aliphatic rings. The van der Waals surface area contributed by atoms with E-state index in [-0.39, 0.29) is 50.5 Å². The van der Waals surface area contributed by atoms with Crippen molar-refractivity contribution < 1.29 is 41.4 Å². The second-order valence-electron chi connectivity index (χ2n) is 8.57. The van der Waals surface area contributed by atoms with Crippen LogP contribution in [0.5, 0.6) is 0 Å². The zero-order valence-electron chi connectivity index (χ0n) is 21.9. The molecule has 0 spiro atoms. The van der Waals surface area contributed by atoms with Gasteiger partial charge in [-0.25, -0.2) is 4.79 Å². The molecule has 2 fully saturated rings. The molecule has 0 aliphatic heterocycles. The third-order valence-electron chi connectivity index (χ3n) is 6.10. The molecular weight excluding hydrogens is 586 g/mol. The third kappa shape index (κ3) is 7.18. The first-order chi connectivity index (χ1) is 19.7. The molecule has 42 heavy (non-hydrogen) atoms. The van der Waals surface area contributed by atoms with Gasteiger partial charge in [-0.15, -0.1) is 0 Å². The summed E-state index contributed by atoms with van der Waals surface area (Å²) in [6.45, 7) is 0. The number of rotatable bonds is 7. The Bertz CT molecular complexity index is 1460. The fraction of sp³-hybridized carbons (Fsp3) is 0.0333. The molecule has 2 aromatic rings. The van der Waals surface area contributed by atoms with Gasteiger partial charge in [-0.2, -0.15) is 0 Å². The Morgan fingerprint density at radius 3 is 1.79 bits per heavy atom. The topological polar surface area (TPSA) is 156 Å². The number of nitro benzene ring substituents is 3. The summed E-state index contributed by atoms with van der Waals surface area (Å²) in [4.78, 5) is 45.3. The predicted molar refractivity (Wildman–Crippen MR) is 150 cm³/mol. The van der Waals surface area contributed by atoms with Crippen LogP contribution >= 0.6 is 0 Å². The number of esters is 1. The molecule has 10 radical (unpaired) electrons. The van der Waals surface area contributed by atoms with E-state index in [1.807, 2.05) is 63.9 Å². The Kier molecular flexibility index (Phi) is 11.3. The van der Waals surface area contributed by atoms with E-state index in [9.17, 15) is 35.1 Å². The molecule has 0 bridgehead atoms. The molecule has 0 saturated heterocycles. The Balaban J connectivity index is 0.000000730. The molecule has 0 N–H and O–H groups in total. The quantitative estimate of drug-likeness (QED) is 0.102. The van der Waals surface area contributed by atoms with Gasteiger partial charge in [0.15, 0.2) is 0 Å². The monoisotopic (exact) mass is 607 g/mol. The minimum Gasteiger partial charge on any atom is -0.465 e. The van der Waals surface area contributed by atoms with Crippen LogP contribution in [-0.2, 0) is 21.8 Å². The second-order valence-corrected chi connectivity index (χ2v) is 8.57. The summed E-state index contributed by atoms with van der Waals surface area (Å²) >= 11 is 0. The first-order valence-electron chi connectivity index (χ1n) is 12.0. The molecule has 0 heterocycles. The van der Waals surface area contributed by atoms with Crippen molar-refractivity contribution in [1.82, 2.24) is 0 Å². The Morgan fingerprint density at radius 2 is 1.26 bits per heavy atom. The Morgan fingerprint density at radius 1 is 0.714 bits per heavy atom. The fourth-order valence-corrected chi connectivity index (χ4v) is 4.35. The number of benzene rings is 2. The van der Waals surface area contributed by atoms with Crippen LogP contribution in [0.3, 0.4) is 0 Å². The predicted octanol–water partition coefficient (Wildman–Crippen LogP) is 6.15. The average Bonchev–Trinajstić information content (AvgIpc) is 3.74. The summed E-state index contributed by atoms with van der Waals surface area (Å²) < 4.78 is 4.78. The Labute approximate surface area is 253 Å². The smallest absolute Gasteiger partial charge is 0.465 e. The number of nitro groups is 3. The van der Waals surface area contributed by atoms with Crippen molar-refractivity contribution in [3.05, 3.63) is 165 Å². The number of hydrogen-bond acceptors (Lipinski definition) is 8. The molecule has 12 heteroatoms. The van der Waals surface area contributed by atoms with E-state index < -0.39 is 37.8 Å². The maximum atomic E-state index is 12.6. The van der Waals surface area contributed by atoms with Crippen LogP contribution in [0.2, 0.25) is 0 Å². The van der Waals surface area contributed by atoms with Gasteiger partial charge < -0.3 is 4.74 Å². The summed E-state index contributed by atoms with van der Waals surface area (Å²) in [7, 11) is 1.08. The summed E-state index contributed by atoms with van der Waals surface area (Å²) in [6.07, 6.45) is 25.9. The summed E-state index contributed by atoms with van der Waals surface area (Å²) in [6, 6.07) is 4.10. The molecule has 2 aromatic carbocycles. The van der Waals surface area contributed by atoms with Gasteiger partial charge in [0.25, 0.3) is 17.1 Å². The average molecular weight is 607 g/mol. The molecule has 5 rings (SSSR count). The summed E-state index contributed by atoms with van der Waals surface area (Å²) in [5.74, 6) is 0.0245. The number of carbonyl (C=O) groups excluding carboxylic acids is 1. The van der Waals surface area contributed by atoms with E-state index in [4.69, 9.17) is 4.74 Å². The largest absolute Gasteiger partial charge is 2.00 e. The van der Waals surface area contributed by atoms with Crippen molar-refractivity contribution in [2.24, 2.45) is 0 Å². The number of hydrogen-bond donors (Lipinski definition) is 0. The van der Waals surface area contributed by atoms with E-state index in [2.05, 4.69) is 0 Å². The van der Waals surface area contributed by atoms with Crippen LogP contribution in [0.4, 0.5) is 17.1 Å². The van der Waals surface area contributed by atoms with Crippen LogP contribution in [-0.4, -0.2) is 27.8 Å². The number of carbonyl (C=O) groups is 1. The number of fused-ring (bicyclic) bond motifs is 3. The zero-order chi connectivity index (χ0) is 29.5. The Hall–Kier alpha value is -4.15. The molecule has 0 atom stereocenters. The van der Waals surface area contributed by atoms with Gasteiger partial charge in [-0.05, 0) is 68.9 Å². The molecule has 0 aromatic heterocycles. The van der Waals surface area contributed by atoms with Gasteiger partial charge in [0.05, 0.1) is 39.1 Å². The zero-order valence-corrected chi connectivity index (χ0v) is 23.0. The van der Waals surface area contributed by atoms with Crippen molar-refractivity contribution in [2.45, 2.75) is 0 Å². The number of ether oxygens (including phenoxy) is 1. The van der Waals surface area contributed by atoms with Crippen molar-refractivity contribution in [2.75, 3.05) is 7.11 Å². The summed E-state index contributed by atoms with van der Waals surface area (Å²) in [5, 5.41) is 35.0. The summed E-state index contributed by atoms with van der Waals surface area (Å²) in [5.41, 5.74) is -1.36. The van der Waals surface area contributed by atoms with Crippen LogP contribution in [0, 0.1) is 94.0 Å². The molecular formula is C30H21FeN3O8+2. The normalized spacial score (nSPS) is 16.5. The standard InChI is InChI=1S/C25H16N3O8.C5H5.Fe/c1-36-25(29)21-13-16(26(30)31)11-19-18(10-4-2-3-7-15-8-5-6-9-15)20-12-17(27(32)33)14-22(28(34)35)24(20)23(19)21;1-2-4-5-3-1;/h2-14H,1H3;1-5H;/q;;+2/b4-2+,7-3+,18-10-;;. The van der Waals surface area contributed by atoms with Crippen molar-refractivity contribution in [1.29, 1.82) is 0 Å². The van der Waals surface area contributed by atoms with Crippen molar-refractivity contribution >= 4 is 28.6 Å². The number of methoxy groups -OCH3 is 1. The first kappa shape index (κ1) is 32.4. The fourth-order valence-electron chi connectivity index (χ4n) is 4.35.